The molecule has 0 saturated heterocycles. The van der Waals surface area contributed by atoms with Crippen LogP contribution in [0.25, 0.3) is 0 Å². The summed E-state index contributed by atoms with van der Waals surface area (Å²) < 4.78 is 24.2. The third-order valence-corrected chi connectivity index (χ3v) is 4.65. The van der Waals surface area contributed by atoms with Crippen LogP contribution in [0, 0.1) is 5.82 Å². The third kappa shape index (κ3) is 3.18. The molecule has 0 spiro atoms. The molecule has 1 amide bonds. The van der Waals surface area contributed by atoms with E-state index in [1.807, 2.05) is 0 Å². The minimum absolute atomic E-state index is 0.128. The van der Waals surface area contributed by atoms with Gasteiger partial charge in [0.15, 0.2) is 5.06 Å². The summed E-state index contributed by atoms with van der Waals surface area (Å²) in [7, 11) is 0. The van der Waals surface area contributed by atoms with Crippen LogP contribution < -0.4 is 14.4 Å². The topological polar surface area (TPSA) is 51.7 Å². The number of pyridine rings is 1. The maximum absolute atomic E-state index is 12.9. The second-order valence-electron chi connectivity index (χ2n) is 5.32. The van der Waals surface area contributed by atoms with E-state index in [1.54, 1.807) is 47.6 Å². The Morgan fingerprint density at radius 2 is 2.04 bits per heavy atom. The molecule has 0 N–H and O–H groups in total. The molecular weight excluding hydrogens is 343 g/mol. The SMILES string of the molecule is O=C(c1ccc(Oc2ccc(F)cc2)s1)N1CCOc2ccncc21. The van der Waals surface area contributed by atoms with Gasteiger partial charge in [0.2, 0.25) is 0 Å². The van der Waals surface area contributed by atoms with Crippen molar-refractivity contribution >= 4 is 22.9 Å². The molecule has 1 aromatic carbocycles. The van der Waals surface area contributed by atoms with Gasteiger partial charge in [-0.1, -0.05) is 11.3 Å². The Labute approximate surface area is 147 Å². The number of carbonyl (C=O) groups is 1. The van der Waals surface area contributed by atoms with E-state index in [0.717, 1.165) is 0 Å². The summed E-state index contributed by atoms with van der Waals surface area (Å²) in [5, 5.41) is 0.564. The van der Waals surface area contributed by atoms with Gasteiger partial charge in [-0.15, -0.1) is 0 Å². The second-order valence-corrected chi connectivity index (χ2v) is 6.37. The fraction of sp³-hybridized carbons (Fsp3) is 0.111. The van der Waals surface area contributed by atoms with E-state index in [4.69, 9.17) is 9.47 Å². The Balaban J connectivity index is 1.54. The first-order chi connectivity index (χ1) is 12.2. The van der Waals surface area contributed by atoms with Gasteiger partial charge in [0.1, 0.15) is 29.6 Å². The van der Waals surface area contributed by atoms with Gasteiger partial charge in [-0.3, -0.25) is 14.7 Å². The van der Waals surface area contributed by atoms with Crippen molar-refractivity contribution in [3.05, 3.63) is 65.6 Å². The largest absolute Gasteiger partial charge is 0.489 e. The molecule has 1 aliphatic heterocycles. The van der Waals surface area contributed by atoms with Crippen LogP contribution in [0.15, 0.2) is 54.9 Å². The van der Waals surface area contributed by atoms with Gasteiger partial charge in [0, 0.05) is 12.3 Å². The van der Waals surface area contributed by atoms with Gasteiger partial charge in [-0.2, -0.15) is 0 Å². The van der Waals surface area contributed by atoms with E-state index in [-0.39, 0.29) is 11.7 Å². The van der Waals surface area contributed by atoms with Crippen LogP contribution in [-0.2, 0) is 0 Å². The summed E-state index contributed by atoms with van der Waals surface area (Å²) in [5.41, 5.74) is 0.660. The van der Waals surface area contributed by atoms with Gasteiger partial charge < -0.3 is 9.47 Å². The van der Waals surface area contributed by atoms with Crippen molar-refractivity contribution in [2.24, 2.45) is 0 Å². The Kier molecular flexibility index (Phi) is 4.07. The van der Waals surface area contributed by atoms with Gasteiger partial charge in [-0.25, -0.2) is 4.39 Å². The normalized spacial score (nSPS) is 13.1. The third-order valence-electron chi connectivity index (χ3n) is 3.69. The average Bonchev–Trinajstić information content (AvgIpc) is 3.11. The van der Waals surface area contributed by atoms with Crippen molar-refractivity contribution in [3.8, 4) is 16.6 Å². The molecule has 0 unspecified atom stereocenters. The fourth-order valence-electron chi connectivity index (χ4n) is 2.52. The number of rotatable bonds is 3. The number of anilines is 1. The highest BCUT2D eigenvalue weighted by atomic mass is 32.1. The van der Waals surface area contributed by atoms with E-state index in [1.165, 1.54) is 23.5 Å². The van der Waals surface area contributed by atoms with E-state index in [9.17, 15) is 9.18 Å². The lowest BCUT2D eigenvalue weighted by molar-refractivity contribution is 0.0980. The van der Waals surface area contributed by atoms with Crippen molar-refractivity contribution in [2.45, 2.75) is 0 Å². The monoisotopic (exact) mass is 356 g/mol. The Bertz CT molecular complexity index is 911. The lowest BCUT2D eigenvalue weighted by atomic mass is 10.2. The fourth-order valence-corrected chi connectivity index (χ4v) is 3.34. The quantitative estimate of drug-likeness (QED) is 0.709. The number of carbonyl (C=O) groups excluding carboxylic acids is 1. The maximum atomic E-state index is 12.9. The molecule has 25 heavy (non-hydrogen) atoms. The Hall–Kier alpha value is -2.93. The van der Waals surface area contributed by atoms with Crippen LogP contribution >= 0.6 is 11.3 Å². The summed E-state index contributed by atoms with van der Waals surface area (Å²) in [6.45, 7) is 0.899. The van der Waals surface area contributed by atoms with Gasteiger partial charge >= 0.3 is 0 Å². The molecule has 0 fully saturated rings. The summed E-state index contributed by atoms with van der Waals surface area (Å²) in [6, 6.07) is 10.9. The van der Waals surface area contributed by atoms with E-state index in [2.05, 4.69) is 4.98 Å². The molecule has 0 bridgehead atoms. The Morgan fingerprint density at radius 3 is 2.88 bits per heavy atom. The Morgan fingerprint density at radius 1 is 1.20 bits per heavy atom. The van der Waals surface area contributed by atoms with Crippen LogP contribution in [0.3, 0.4) is 0 Å². The standard InChI is InChI=1S/C18H13FN2O3S/c19-12-1-3-13(4-2-12)24-17-6-5-16(25-17)18(22)21-9-10-23-15-7-8-20-11-14(15)21/h1-8,11H,9-10H2. The molecule has 3 heterocycles. The molecule has 5 nitrogen and oxygen atoms in total. The predicted molar refractivity (Wildman–Crippen MR) is 92.2 cm³/mol. The average molecular weight is 356 g/mol. The molecule has 7 heteroatoms. The summed E-state index contributed by atoms with van der Waals surface area (Å²) in [6.07, 6.45) is 3.25. The predicted octanol–water partition coefficient (Wildman–Crippen LogP) is 4.11. The zero-order valence-corrected chi connectivity index (χ0v) is 13.8. The number of nitrogens with zero attached hydrogens (tertiary/aromatic N) is 2. The van der Waals surface area contributed by atoms with Gasteiger partial charge in [0.25, 0.3) is 5.91 Å². The number of amides is 1. The van der Waals surface area contributed by atoms with E-state index in [0.29, 0.717) is 40.3 Å². The summed E-state index contributed by atoms with van der Waals surface area (Å²) in [5.74, 6) is 0.711. The van der Waals surface area contributed by atoms with Crippen LogP contribution in [0.1, 0.15) is 9.67 Å². The highest BCUT2D eigenvalue weighted by Crippen LogP contribution is 2.34. The van der Waals surface area contributed by atoms with Crippen LogP contribution in [0.2, 0.25) is 0 Å². The molecule has 0 atom stereocenters. The lowest BCUT2D eigenvalue weighted by Gasteiger charge is -2.28. The van der Waals surface area contributed by atoms with Crippen molar-refractivity contribution in [1.82, 2.24) is 4.98 Å². The molecule has 2 aromatic heterocycles. The molecule has 1 aliphatic rings. The highest BCUT2D eigenvalue weighted by Gasteiger charge is 2.26. The molecule has 0 saturated carbocycles. The molecule has 4 rings (SSSR count). The van der Waals surface area contributed by atoms with Gasteiger partial charge in [0.05, 0.1) is 17.6 Å². The summed E-state index contributed by atoms with van der Waals surface area (Å²) in [4.78, 5) is 19.1. The summed E-state index contributed by atoms with van der Waals surface area (Å²) >= 11 is 1.24. The first kappa shape index (κ1) is 15.6. The van der Waals surface area contributed by atoms with Crippen molar-refractivity contribution in [1.29, 1.82) is 0 Å². The number of hydrogen-bond acceptors (Lipinski definition) is 5. The minimum atomic E-state index is -0.325. The number of ether oxygens (including phenoxy) is 2. The number of fused-ring (bicyclic) bond motifs is 1. The smallest absolute Gasteiger partial charge is 0.268 e. The highest BCUT2D eigenvalue weighted by molar-refractivity contribution is 7.15. The second kappa shape index (κ2) is 6.52. The van der Waals surface area contributed by atoms with Crippen molar-refractivity contribution in [2.75, 3.05) is 18.1 Å². The van der Waals surface area contributed by atoms with E-state index < -0.39 is 0 Å². The molecule has 3 aromatic rings. The van der Waals surface area contributed by atoms with E-state index >= 15 is 0 Å². The number of halogens is 1. The number of hydrogen-bond donors (Lipinski definition) is 0. The molecule has 0 aliphatic carbocycles. The van der Waals surface area contributed by atoms with Crippen LogP contribution in [0.4, 0.5) is 10.1 Å². The molecular formula is C18H13FN2O3S. The van der Waals surface area contributed by atoms with Crippen molar-refractivity contribution < 1.29 is 18.7 Å². The molecule has 0 radical (unpaired) electrons. The first-order valence-electron chi connectivity index (χ1n) is 7.62. The van der Waals surface area contributed by atoms with Crippen LogP contribution in [-0.4, -0.2) is 24.0 Å². The minimum Gasteiger partial charge on any atom is -0.489 e. The zero-order chi connectivity index (χ0) is 17.2. The number of aromatic nitrogens is 1. The van der Waals surface area contributed by atoms with Crippen molar-refractivity contribution in [3.63, 3.8) is 0 Å². The number of thiophene rings is 1. The maximum Gasteiger partial charge on any atom is 0.268 e. The first-order valence-corrected chi connectivity index (χ1v) is 8.44. The van der Waals surface area contributed by atoms with Crippen LogP contribution in [0.5, 0.6) is 16.6 Å². The van der Waals surface area contributed by atoms with Gasteiger partial charge in [-0.05, 0) is 36.4 Å². The number of benzene rings is 1. The molecule has 126 valence electrons. The zero-order valence-electron chi connectivity index (χ0n) is 13.0. The lowest BCUT2D eigenvalue weighted by Crippen LogP contribution is -2.37.